The Morgan fingerprint density at radius 1 is 0.846 bits per heavy atom. The van der Waals surface area contributed by atoms with Gasteiger partial charge in [0.25, 0.3) is 0 Å². The molecule has 0 saturated carbocycles. The predicted octanol–water partition coefficient (Wildman–Crippen LogP) is 6.20. The van der Waals surface area contributed by atoms with E-state index in [-0.39, 0.29) is 37.9 Å². The molecular weight excluding hydrogens is 679 g/mol. The Kier molecular flexibility index (Phi) is 10.4. The van der Waals surface area contributed by atoms with Crippen LogP contribution in [0.15, 0.2) is 97.1 Å². The number of carbonyl (C=O) groups is 2. The number of likely N-dealkylation sites (tertiary alicyclic amines) is 1. The van der Waals surface area contributed by atoms with Crippen LogP contribution in [0.25, 0.3) is 11.1 Å². The molecule has 1 fully saturated rings. The van der Waals surface area contributed by atoms with Crippen molar-refractivity contribution < 1.29 is 32.2 Å². The van der Waals surface area contributed by atoms with E-state index in [1.54, 1.807) is 7.11 Å². The molecule has 10 nitrogen and oxygen atoms in total. The molecule has 1 aliphatic carbocycles. The van der Waals surface area contributed by atoms with Crippen LogP contribution in [-0.4, -0.2) is 77.6 Å². The monoisotopic (exact) mass is 723 g/mol. The van der Waals surface area contributed by atoms with Crippen molar-refractivity contribution in [3.63, 3.8) is 0 Å². The van der Waals surface area contributed by atoms with E-state index in [4.69, 9.17) is 14.2 Å². The number of sulfonamides is 1. The molecule has 7 rings (SSSR count). The summed E-state index contributed by atoms with van der Waals surface area (Å²) < 4.78 is 45.0. The van der Waals surface area contributed by atoms with Gasteiger partial charge in [0.05, 0.1) is 12.2 Å². The van der Waals surface area contributed by atoms with Crippen LogP contribution in [-0.2, 0) is 29.7 Å². The highest BCUT2D eigenvalue weighted by molar-refractivity contribution is 7.88. The normalized spacial score (nSPS) is 18.7. The minimum atomic E-state index is -3.62. The van der Waals surface area contributed by atoms with Crippen LogP contribution >= 0.6 is 0 Å². The molecule has 4 aromatic carbocycles. The zero-order chi connectivity index (χ0) is 36.3. The van der Waals surface area contributed by atoms with Crippen LogP contribution in [0.3, 0.4) is 0 Å². The Hall–Kier alpha value is -4.71. The summed E-state index contributed by atoms with van der Waals surface area (Å²) in [5.41, 5.74) is 5.84. The fourth-order valence-corrected chi connectivity index (χ4v) is 9.06. The second-order valence-electron chi connectivity index (χ2n) is 14.1. The van der Waals surface area contributed by atoms with E-state index in [2.05, 4.69) is 46.4 Å². The van der Waals surface area contributed by atoms with Crippen molar-refractivity contribution in [3.05, 3.63) is 119 Å². The maximum atomic E-state index is 14.2. The highest BCUT2D eigenvalue weighted by Gasteiger charge is 2.43. The molecule has 1 saturated heterocycles. The fourth-order valence-electron chi connectivity index (χ4n) is 8.28. The first-order valence-electron chi connectivity index (χ1n) is 17.9. The van der Waals surface area contributed by atoms with Crippen LogP contribution < -0.4 is 14.8 Å². The minimum absolute atomic E-state index is 0.0923. The third-order valence-electron chi connectivity index (χ3n) is 10.6. The molecule has 0 bridgehead atoms. The van der Waals surface area contributed by atoms with Gasteiger partial charge in [-0.2, -0.15) is 0 Å². The smallest absolute Gasteiger partial charge is 0.409 e. The van der Waals surface area contributed by atoms with Gasteiger partial charge in [0.1, 0.15) is 18.1 Å². The van der Waals surface area contributed by atoms with Gasteiger partial charge in [-0.3, -0.25) is 4.79 Å². The number of rotatable bonds is 12. The van der Waals surface area contributed by atoms with Gasteiger partial charge in [0.15, 0.2) is 0 Å². The molecule has 272 valence electrons. The van der Waals surface area contributed by atoms with Crippen LogP contribution in [0.1, 0.15) is 53.9 Å². The molecule has 0 unspecified atom stereocenters. The summed E-state index contributed by atoms with van der Waals surface area (Å²) in [6, 6.07) is 31.4. The van der Waals surface area contributed by atoms with E-state index >= 15 is 0 Å². The molecule has 2 heterocycles. The number of unbranched alkanes of at least 4 members (excludes halogenated alkanes) is 1. The Labute approximate surface area is 305 Å². The predicted molar refractivity (Wildman–Crippen MR) is 199 cm³/mol. The number of nitrogens with one attached hydrogen (secondary N) is 2. The van der Waals surface area contributed by atoms with Crippen LogP contribution in [0.5, 0.6) is 11.5 Å². The molecule has 0 spiro atoms. The Morgan fingerprint density at radius 2 is 1.44 bits per heavy atom. The lowest BCUT2D eigenvalue weighted by Gasteiger charge is -2.41. The first kappa shape index (κ1) is 35.7. The molecule has 2 aliphatic heterocycles. The van der Waals surface area contributed by atoms with E-state index in [0.29, 0.717) is 13.2 Å². The zero-order valence-electron chi connectivity index (χ0n) is 29.5. The number of amides is 2. The van der Waals surface area contributed by atoms with Crippen molar-refractivity contribution >= 4 is 22.0 Å². The number of piperidine rings is 1. The molecule has 0 aromatic heterocycles. The van der Waals surface area contributed by atoms with Crippen LogP contribution in [0.2, 0.25) is 0 Å². The first-order valence-corrected chi connectivity index (χ1v) is 19.8. The van der Waals surface area contributed by atoms with Crippen molar-refractivity contribution in [1.29, 1.82) is 0 Å². The van der Waals surface area contributed by atoms with Gasteiger partial charge in [-0.05, 0) is 60.1 Å². The Bertz CT molecular complexity index is 1960. The number of nitrogens with zero attached hydrogens (tertiary/aromatic N) is 1. The number of ether oxygens (including phenoxy) is 3. The Balaban J connectivity index is 1.10. The van der Waals surface area contributed by atoms with E-state index in [0.717, 1.165) is 70.4 Å². The average molecular weight is 724 g/mol. The second kappa shape index (κ2) is 15.1. The summed E-state index contributed by atoms with van der Waals surface area (Å²) in [5.74, 6) is 0.436. The number of benzene rings is 4. The number of carbonyl (C=O) groups excluding carboxylic acids is 2. The standard InChI is InChI=1S/C41H45N3O7S/c1-49-22-12-11-21-41(35-17-7-9-19-37(35)51-38-20-10-8-18-36(38)41)27-42-39(45)28-23-29(43-52(2,47)48)25-44(24-28)40(46)50-26-34-32-15-5-3-13-30(32)31-14-4-6-16-33(31)34/h3-10,13-20,28-29,34,43H,11-12,21-27H2,1-2H3,(H,42,45)/t28-,29+/m0/s1. The van der Waals surface area contributed by atoms with Gasteiger partial charge in [0, 0.05) is 61.9 Å². The van der Waals surface area contributed by atoms with Crippen molar-refractivity contribution in [2.45, 2.75) is 43.1 Å². The van der Waals surface area contributed by atoms with Gasteiger partial charge in [-0.1, -0.05) is 84.9 Å². The molecular formula is C41H45N3O7S. The Morgan fingerprint density at radius 3 is 2.06 bits per heavy atom. The van der Waals surface area contributed by atoms with Crippen molar-refractivity contribution in [3.8, 4) is 22.6 Å². The van der Waals surface area contributed by atoms with Gasteiger partial charge >= 0.3 is 6.09 Å². The summed E-state index contributed by atoms with van der Waals surface area (Å²) in [6.45, 7) is 1.24. The van der Waals surface area contributed by atoms with Crippen molar-refractivity contribution in [2.24, 2.45) is 5.92 Å². The average Bonchev–Trinajstić information content (AvgIpc) is 3.47. The molecule has 11 heteroatoms. The third-order valence-corrected chi connectivity index (χ3v) is 11.3. The molecule has 4 aromatic rings. The summed E-state index contributed by atoms with van der Waals surface area (Å²) in [7, 11) is -1.93. The highest BCUT2D eigenvalue weighted by atomic mass is 32.2. The molecule has 2 N–H and O–H groups in total. The lowest BCUT2D eigenvalue weighted by atomic mass is 9.69. The summed E-state index contributed by atoms with van der Waals surface area (Å²) in [4.78, 5) is 29.4. The van der Waals surface area contributed by atoms with Gasteiger partial charge in [0.2, 0.25) is 15.9 Å². The van der Waals surface area contributed by atoms with E-state index < -0.39 is 33.5 Å². The maximum absolute atomic E-state index is 14.2. The van der Waals surface area contributed by atoms with Crippen LogP contribution in [0, 0.1) is 5.92 Å². The van der Waals surface area contributed by atoms with Gasteiger partial charge in [-0.25, -0.2) is 17.9 Å². The lowest BCUT2D eigenvalue weighted by molar-refractivity contribution is -0.127. The molecule has 52 heavy (non-hydrogen) atoms. The third kappa shape index (κ3) is 7.30. The fraction of sp³-hybridized carbons (Fsp3) is 0.366. The van der Waals surface area contributed by atoms with E-state index in [1.165, 1.54) is 4.90 Å². The van der Waals surface area contributed by atoms with Crippen molar-refractivity contribution in [1.82, 2.24) is 14.9 Å². The summed E-state index contributed by atoms with van der Waals surface area (Å²) in [6.07, 6.45) is 3.19. The summed E-state index contributed by atoms with van der Waals surface area (Å²) in [5, 5.41) is 3.25. The number of para-hydroxylation sites is 2. The van der Waals surface area contributed by atoms with Crippen molar-refractivity contribution in [2.75, 3.05) is 46.2 Å². The maximum Gasteiger partial charge on any atom is 0.409 e. The molecule has 3 aliphatic rings. The quantitative estimate of drug-likeness (QED) is 0.167. The number of hydrogen-bond donors (Lipinski definition) is 2. The van der Waals surface area contributed by atoms with Gasteiger partial charge in [-0.15, -0.1) is 0 Å². The zero-order valence-corrected chi connectivity index (χ0v) is 30.4. The first-order chi connectivity index (χ1) is 25.2. The minimum Gasteiger partial charge on any atom is -0.457 e. The molecule has 2 amide bonds. The SMILES string of the molecule is COCCCCC1(CNC(=O)[C@H]2C[C@@H](NS(C)(=O)=O)CN(C(=O)OCC3c4ccccc4-c4ccccc43)C2)c2ccccc2Oc2ccccc21. The molecule has 2 atom stereocenters. The van der Waals surface area contributed by atoms with Crippen LogP contribution in [0.4, 0.5) is 4.79 Å². The summed E-state index contributed by atoms with van der Waals surface area (Å²) >= 11 is 0. The number of fused-ring (bicyclic) bond motifs is 5. The second-order valence-corrected chi connectivity index (χ2v) is 15.9. The van der Waals surface area contributed by atoms with E-state index in [1.807, 2.05) is 60.7 Å². The topological polar surface area (TPSA) is 123 Å². The number of hydrogen-bond acceptors (Lipinski definition) is 7. The molecule has 0 radical (unpaired) electrons. The van der Waals surface area contributed by atoms with E-state index in [9.17, 15) is 18.0 Å². The lowest BCUT2D eigenvalue weighted by Crippen LogP contribution is -2.56. The number of methoxy groups -OCH3 is 1. The van der Waals surface area contributed by atoms with Gasteiger partial charge < -0.3 is 24.4 Å². The highest BCUT2D eigenvalue weighted by Crippen LogP contribution is 2.50. The largest absolute Gasteiger partial charge is 0.457 e.